The highest BCUT2D eigenvalue weighted by Crippen LogP contribution is 2.33. The lowest BCUT2D eigenvalue weighted by Gasteiger charge is -2.21. The highest BCUT2D eigenvalue weighted by molar-refractivity contribution is 5.83. The summed E-state index contributed by atoms with van der Waals surface area (Å²) in [7, 11) is 0. The Hall–Kier alpha value is -1.86. The van der Waals surface area contributed by atoms with Crippen molar-refractivity contribution in [1.29, 1.82) is 0 Å². The molecule has 1 aliphatic rings. The number of aliphatic hydroxyl groups is 1. The van der Waals surface area contributed by atoms with E-state index in [2.05, 4.69) is 31.1 Å². The minimum atomic E-state index is -1.08. The van der Waals surface area contributed by atoms with Gasteiger partial charge in [-0.25, -0.2) is 0 Å². The van der Waals surface area contributed by atoms with Crippen LogP contribution < -0.4 is 0 Å². The maximum Gasteiger partial charge on any atom is 0.305 e. The Bertz CT molecular complexity index is 613. The number of Topliss-reactive ketones (excluding diaryl/α,β-unsaturated/α-hetero) is 1. The van der Waals surface area contributed by atoms with E-state index in [0.717, 1.165) is 44.9 Å². The SMILES string of the molecule is C#CC(O)(CC=C[C@H]1CCC(=O)[C@@H]1CC=CCCCC(=O)OCC)CCCCCC. The smallest absolute Gasteiger partial charge is 0.305 e. The van der Waals surface area contributed by atoms with Crippen molar-refractivity contribution in [3.05, 3.63) is 24.3 Å². The van der Waals surface area contributed by atoms with Crippen LogP contribution in [0.4, 0.5) is 0 Å². The molecule has 0 spiro atoms. The lowest BCUT2D eigenvalue weighted by atomic mass is 9.89. The maximum atomic E-state index is 12.3. The quantitative estimate of drug-likeness (QED) is 0.165. The third-order valence-electron chi connectivity index (χ3n) is 5.82. The molecule has 0 aromatic carbocycles. The molecular weight excluding hydrogens is 376 g/mol. The van der Waals surface area contributed by atoms with E-state index in [1.165, 1.54) is 6.42 Å². The fourth-order valence-electron chi connectivity index (χ4n) is 3.94. The Balaban J connectivity index is 2.43. The summed E-state index contributed by atoms with van der Waals surface area (Å²) in [6, 6.07) is 0. The standard InChI is InChI=1S/C26H40O4/c1-4-7-8-13-20-26(29,5-2)21-14-15-22-18-19-24(27)23(22)16-11-9-10-12-17-25(28)30-6-3/h2,9,11,14-15,22-23,29H,4,6-8,10,12-13,16-21H2,1,3H3/t22-,23+,26?/m0/s1. The Labute approximate surface area is 183 Å². The van der Waals surface area contributed by atoms with Crippen LogP contribution in [0, 0.1) is 24.2 Å². The molecule has 0 amide bonds. The molecule has 0 heterocycles. The predicted octanol–water partition coefficient (Wildman–Crippen LogP) is 5.54. The largest absolute Gasteiger partial charge is 0.466 e. The number of esters is 1. The topological polar surface area (TPSA) is 63.6 Å². The van der Waals surface area contributed by atoms with Gasteiger partial charge in [0.1, 0.15) is 11.4 Å². The molecule has 168 valence electrons. The summed E-state index contributed by atoms with van der Waals surface area (Å²) in [4.78, 5) is 23.6. The zero-order chi connectivity index (χ0) is 22.2. The van der Waals surface area contributed by atoms with Gasteiger partial charge < -0.3 is 9.84 Å². The van der Waals surface area contributed by atoms with Gasteiger partial charge in [-0.15, -0.1) is 6.42 Å². The van der Waals surface area contributed by atoms with E-state index in [4.69, 9.17) is 11.2 Å². The number of allylic oxidation sites excluding steroid dienone is 3. The van der Waals surface area contributed by atoms with Gasteiger partial charge >= 0.3 is 5.97 Å². The predicted molar refractivity (Wildman–Crippen MR) is 122 cm³/mol. The second-order valence-electron chi connectivity index (χ2n) is 8.30. The third-order valence-corrected chi connectivity index (χ3v) is 5.82. The zero-order valence-corrected chi connectivity index (χ0v) is 18.9. The summed E-state index contributed by atoms with van der Waals surface area (Å²) in [5.74, 6) is 2.94. The van der Waals surface area contributed by atoms with Crippen molar-refractivity contribution in [1.82, 2.24) is 0 Å². The number of hydrogen-bond donors (Lipinski definition) is 1. The summed E-state index contributed by atoms with van der Waals surface area (Å²) in [6.45, 7) is 4.39. The van der Waals surface area contributed by atoms with Crippen LogP contribution in [0.15, 0.2) is 24.3 Å². The van der Waals surface area contributed by atoms with Crippen molar-refractivity contribution < 1.29 is 19.4 Å². The summed E-state index contributed by atoms with van der Waals surface area (Å²) < 4.78 is 4.91. The van der Waals surface area contributed by atoms with E-state index in [1.807, 2.05) is 13.0 Å². The Morgan fingerprint density at radius 1 is 1.23 bits per heavy atom. The lowest BCUT2D eigenvalue weighted by Crippen LogP contribution is -2.25. The van der Waals surface area contributed by atoms with Crippen molar-refractivity contribution in [2.75, 3.05) is 6.61 Å². The number of terminal acetylenes is 1. The van der Waals surface area contributed by atoms with Crippen LogP contribution in [0.2, 0.25) is 0 Å². The Morgan fingerprint density at radius 2 is 2.03 bits per heavy atom. The minimum absolute atomic E-state index is 0.00559. The van der Waals surface area contributed by atoms with E-state index < -0.39 is 5.60 Å². The average Bonchev–Trinajstić information content (AvgIpc) is 3.08. The number of carbonyl (C=O) groups is 2. The molecule has 30 heavy (non-hydrogen) atoms. The normalized spacial score (nSPS) is 21.2. The number of rotatable bonds is 15. The molecule has 1 aliphatic carbocycles. The molecule has 0 bridgehead atoms. The fourth-order valence-corrected chi connectivity index (χ4v) is 3.94. The number of ketones is 1. The van der Waals surface area contributed by atoms with Gasteiger partial charge in [0.15, 0.2) is 0 Å². The number of hydrogen-bond acceptors (Lipinski definition) is 4. The van der Waals surface area contributed by atoms with Gasteiger partial charge in [-0.3, -0.25) is 9.59 Å². The van der Waals surface area contributed by atoms with E-state index >= 15 is 0 Å². The van der Waals surface area contributed by atoms with Crippen molar-refractivity contribution >= 4 is 11.8 Å². The minimum Gasteiger partial charge on any atom is -0.466 e. The molecule has 0 aliphatic heterocycles. The van der Waals surface area contributed by atoms with Gasteiger partial charge in [0.05, 0.1) is 6.61 Å². The molecule has 0 aromatic heterocycles. The lowest BCUT2D eigenvalue weighted by molar-refractivity contribution is -0.143. The van der Waals surface area contributed by atoms with Crippen molar-refractivity contribution in [3.8, 4) is 12.3 Å². The van der Waals surface area contributed by atoms with Crippen LogP contribution in [0.1, 0.15) is 90.9 Å². The summed E-state index contributed by atoms with van der Waals surface area (Å²) in [5, 5.41) is 10.6. The first-order chi connectivity index (χ1) is 14.5. The van der Waals surface area contributed by atoms with Gasteiger partial charge in [0.2, 0.25) is 0 Å². The second kappa shape index (κ2) is 15.0. The second-order valence-corrected chi connectivity index (χ2v) is 8.30. The van der Waals surface area contributed by atoms with E-state index in [0.29, 0.717) is 38.1 Å². The Morgan fingerprint density at radius 3 is 2.73 bits per heavy atom. The van der Waals surface area contributed by atoms with Gasteiger partial charge in [0, 0.05) is 25.2 Å². The van der Waals surface area contributed by atoms with Crippen LogP contribution in [-0.2, 0) is 14.3 Å². The summed E-state index contributed by atoms with van der Waals surface area (Å²) in [6.07, 6.45) is 23.4. The van der Waals surface area contributed by atoms with Gasteiger partial charge in [-0.2, -0.15) is 0 Å². The summed E-state index contributed by atoms with van der Waals surface area (Å²) >= 11 is 0. The van der Waals surface area contributed by atoms with Gasteiger partial charge in [-0.1, -0.05) is 56.4 Å². The molecule has 4 nitrogen and oxygen atoms in total. The molecular formula is C26H40O4. The molecule has 0 aromatic rings. The van der Waals surface area contributed by atoms with Crippen molar-refractivity contribution in [2.45, 2.75) is 96.5 Å². The number of ether oxygens (including phenoxy) is 1. The first-order valence-corrected chi connectivity index (χ1v) is 11.7. The molecule has 1 rings (SSSR count). The molecule has 1 N–H and O–H groups in total. The van der Waals surface area contributed by atoms with Crippen LogP contribution in [0.5, 0.6) is 0 Å². The van der Waals surface area contributed by atoms with Crippen molar-refractivity contribution in [3.63, 3.8) is 0 Å². The van der Waals surface area contributed by atoms with Crippen molar-refractivity contribution in [2.24, 2.45) is 11.8 Å². The average molecular weight is 417 g/mol. The molecule has 4 heteroatoms. The number of unbranched alkanes of at least 4 members (excludes halogenated alkanes) is 4. The fraction of sp³-hybridized carbons (Fsp3) is 0.692. The van der Waals surface area contributed by atoms with Crippen LogP contribution in [0.3, 0.4) is 0 Å². The number of carbonyl (C=O) groups excluding carboxylic acids is 2. The van der Waals surface area contributed by atoms with E-state index in [1.54, 1.807) is 0 Å². The Kier molecular flexibility index (Phi) is 13.1. The summed E-state index contributed by atoms with van der Waals surface area (Å²) in [5.41, 5.74) is -1.08. The zero-order valence-electron chi connectivity index (χ0n) is 18.9. The monoisotopic (exact) mass is 416 g/mol. The highest BCUT2D eigenvalue weighted by Gasteiger charge is 2.32. The first kappa shape index (κ1) is 26.2. The van der Waals surface area contributed by atoms with Gasteiger partial charge in [0.25, 0.3) is 0 Å². The molecule has 1 fully saturated rings. The first-order valence-electron chi connectivity index (χ1n) is 11.7. The molecule has 3 atom stereocenters. The van der Waals surface area contributed by atoms with Crippen LogP contribution in [0.25, 0.3) is 0 Å². The molecule has 0 saturated heterocycles. The third kappa shape index (κ3) is 10.3. The van der Waals surface area contributed by atoms with Crippen LogP contribution in [-0.4, -0.2) is 29.1 Å². The molecule has 0 radical (unpaired) electrons. The van der Waals surface area contributed by atoms with E-state index in [9.17, 15) is 14.7 Å². The van der Waals surface area contributed by atoms with E-state index in [-0.39, 0.29) is 17.8 Å². The van der Waals surface area contributed by atoms with Gasteiger partial charge in [-0.05, 0) is 51.4 Å². The van der Waals surface area contributed by atoms with Crippen LogP contribution >= 0.6 is 0 Å². The highest BCUT2D eigenvalue weighted by atomic mass is 16.5. The molecule has 1 unspecified atom stereocenters. The maximum absolute atomic E-state index is 12.3. The molecule has 1 saturated carbocycles.